The van der Waals surface area contributed by atoms with Gasteiger partial charge in [-0.25, -0.2) is 4.68 Å². The second-order valence-corrected chi connectivity index (χ2v) is 5.39. The highest BCUT2D eigenvalue weighted by atomic mass is 79.9. The van der Waals surface area contributed by atoms with Crippen molar-refractivity contribution in [3.8, 4) is 5.88 Å². The van der Waals surface area contributed by atoms with Crippen molar-refractivity contribution in [1.29, 1.82) is 0 Å². The topological polar surface area (TPSA) is 44.1 Å². The van der Waals surface area contributed by atoms with E-state index < -0.39 is 0 Å². The molecule has 19 heavy (non-hydrogen) atoms. The van der Waals surface area contributed by atoms with Gasteiger partial charge in [-0.15, -0.1) is 5.10 Å². The first-order valence-electron chi connectivity index (χ1n) is 6.96. The zero-order valence-corrected chi connectivity index (χ0v) is 13.2. The summed E-state index contributed by atoms with van der Waals surface area (Å²) in [5.74, 6) is 0.495. The van der Waals surface area contributed by atoms with E-state index in [0.29, 0.717) is 12.4 Å². The van der Waals surface area contributed by atoms with Gasteiger partial charge in [-0.3, -0.25) is 4.79 Å². The Labute approximate surface area is 123 Å². The molecule has 1 rings (SSSR count). The van der Waals surface area contributed by atoms with Crippen LogP contribution in [0.5, 0.6) is 5.88 Å². The zero-order chi connectivity index (χ0) is 13.9. The third-order valence-corrected chi connectivity index (χ3v) is 3.62. The summed E-state index contributed by atoms with van der Waals surface area (Å²) in [6, 6.07) is 3.11. The van der Waals surface area contributed by atoms with Crippen LogP contribution < -0.4 is 10.3 Å². The summed E-state index contributed by atoms with van der Waals surface area (Å²) in [5.41, 5.74) is -0.0573. The fourth-order valence-electron chi connectivity index (χ4n) is 1.94. The molecule has 0 bridgehead atoms. The van der Waals surface area contributed by atoms with Gasteiger partial charge in [0.25, 0.3) is 5.56 Å². The van der Waals surface area contributed by atoms with Gasteiger partial charge in [0.05, 0.1) is 7.11 Å². The molecule has 0 atom stereocenters. The third kappa shape index (κ3) is 6.76. The number of rotatable bonds is 10. The molecular formula is C14H23BrN2O2. The Bertz CT molecular complexity index is 407. The van der Waals surface area contributed by atoms with E-state index in [1.807, 2.05) is 0 Å². The summed E-state index contributed by atoms with van der Waals surface area (Å²) in [4.78, 5) is 11.6. The molecule has 0 fully saturated rings. The van der Waals surface area contributed by atoms with Gasteiger partial charge < -0.3 is 4.74 Å². The van der Waals surface area contributed by atoms with Gasteiger partial charge in [-0.2, -0.15) is 0 Å². The van der Waals surface area contributed by atoms with Crippen molar-refractivity contribution in [1.82, 2.24) is 9.78 Å². The molecule has 0 spiro atoms. The van der Waals surface area contributed by atoms with E-state index >= 15 is 0 Å². The van der Waals surface area contributed by atoms with Crippen LogP contribution in [0.25, 0.3) is 0 Å². The van der Waals surface area contributed by atoms with Crippen LogP contribution in [0.3, 0.4) is 0 Å². The minimum atomic E-state index is -0.0573. The first-order chi connectivity index (χ1) is 9.27. The van der Waals surface area contributed by atoms with Crippen molar-refractivity contribution in [3.63, 3.8) is 0 Å². The van der Waals surface area contributed by atoms with Crippen LogP contribution >= 0.6 is 15.9 Å². The number of nitrogens with zero attached hydrogens (tertiary/aromatic N) is 2. The number of aromatic nitrogens is 2. The van der Waals surface area contributed by atoms with E-state index in [0.717, 1.165) is 18.2 Å². The number of unbranched alkanes of at least 4 members (excludes halogenated alkanes) is 6. The predicted molar refractivity (Wildman–Crippen MR) is 81.2 cm³/mol. The molecule has 0 aliphatic carbocycles. The first kappa shape index (κ1) is 16.2. The second kappa shape index (κ2) is 10.0. The van der Waals surface area contributed by atoms with Gasteiger partial charge in [-0.05, 0) is 12.8 Å². The van der Waals surface area contributed by atoms with Crippen LogP contribution in [0.1, 0.15) is 44.9 Å². The Balaban J connectivity index is 2.17. The Morgan fingerprint density at radius 1 is 1.11 bits per heavy atom. The van der Waals surface area contributed by atoms with Crippen molar-refractivity contribution in [2.24, 2.45) is 0 Å². The summed E-state index contributed by atoms with van der Waals surface area (Å²) in [5, 5.41) is 5.23. The lowest BCUT2D eigenvalue weighted by Crippen LogP contribution is -2.22. The summed E-state index contributed by atoms with van der Waals surface area (Å²) in [7, 11) is 1.56. The summed E-state index contributed by atoms with van der Waals surface area (Å²) in [6.45, 7) is 0.678. The molecule has 0 aromatic carbocycles. The average Bonchev–Trinajstić information content (AvgIpc) is 2.43. The lowest BCUT2D eigenvalue weighted by molar-refractivity contribution is 0.372. The molecule has 0 amide bonds. The van der Waals surface area contributed by atoms with Crippen molar-refractivity contribution in [3.05, 3.63) is 22.5 Å². The molecule has 0 saturated carbocycles. The average molecular weight is 331 g/mol. The Hall–Kier alpha value is -0.840. The van der Waals surface area contributed by atoms with Crippen LogP contribution in [0, 0.1) is 0 Å². The molecule has 1 aromatic rings. The minimum Gasteiger partial charge on any atom is -0.480 e. The zero-order valence-electron chi connectivity index (χ0n) is 11.6. The fraction of sp³-hybridized carbons (Fsp3) is 0.714. The van der Waals surface area contributed by atoms with E-state index in [1.165, 1.54) is 42.9 Å². The largest absolute Gasteiger partial charge is 0.480 e. The Morgan fingerprint density at radius 2 is 1.74 bits per heavy atom. The molecule has 0 N–H and O–H groups in total. The fourth-order valence-corrected chi connectivity index (χ4v) is 2.34. The molecule has 5 heteroatoms. The van der Waals surface area contributed by atoms with E-state index in [9.17, 15) is 4.79 Å². The van der Waals surface area contributed by atoms with Gasteiger partial charge in [0.2, 0.25) is 5.88 Å². The highest BCUT2D eigenvalue weighted by Gasteiger charge is 2.00. The number of halogens is 1. The molecule has 1 aromatic heterocycles. The van der Waals surface area contributed by atoms with Gasteiger partial charge in [-0.1, -0.05) is 48.0 Å². The lowest BCUT2D eigenvalue weighted by Gasteiger charge is -2.06. The Kier molecular flexibility index (Phi) is 8.54. The van der Waals surface area contributed by atoms with E-state index in [-0.39, 0.29) is 5.56 Å². The van der Waals surface area contributed by atoms with Gasteiger partial charge in [0, 0.05) is 24.0 Å². The number of ether oxygens (including phenoxy) is 1. The maximum atomic E-state index is 11.6. The lowest BCUT2D eigenvalue weighted by atomic mass is 10.1. The molecule has 0 aliphatic heterocycles. The Morgan fingerprint density at radius 3 is 2.37 bits per heavy atom. The van der Waals surface area contributed by atoms with Gasteiger partial charge >= 0.3 is 0 Å². The van der Waals surface area contributed by atoms with Crippen molar-refractivity contribution in [2.75, 3.05) is 12.4 Å². The normalized spacial score (nSPS) is 10.6. The van der Waals surface area contributed by atoms with Crippen LogP contribution in [-0.4, -0.2) is 22.2 Å². The molecule has 4 nitrogen and oxygen atoms in total. The van der Waals surface area contributed by atoms with E-state index in [1.54, 1.807) is 13.2 Å². The highest BCUT2D eigenvalue weighted by molar-refractivity contribution is 9.09. The minimum absolute atomic E-state index is 0.0573. The third-order valence-electron chi connectivity index (χ3n) is 3.05. The smallest absolute Gasteiger partial charge is 0.266 e. The second-order valence-electron chi connectivity index (χ2n) is 4.60. The quantitative estimate of drug-likeness (QED) is 0.488. The SMILES string of the molecule is COc1ccc(=O)n(CCCCCCCCCBr)n1. The predicted octanol–water partition coefficient (Wildman–Crippen LogP) is 3.38. The van der Waals surface area contributed by atoms with Crippen LogP contribution in [-0.2, 0) is 6.54 Å². The molecule has 0 unspecified atom stereocenters. The van der Waals surface area contributed by atoms with Gasteiger partial charge in [0.1, 0.15) is 0 Å². The van der Waals surface area contributed by atoms with E-state index in [4.69, 9.17) is 4.74 Å². The van der Waals surface area contributed by atoms with Crippen molar-refractivity contribution in [2.45, 2.75) is 51.5 Å². The van der Waals surface area contributed by atoms with Crippen molar-refractivity contribution < 1.29 is 4.74 Å². The summed E-state index contributed by atoms with van der Waals surface area (Å²) >= 11 is 3.44. The number of hydrogen-bond donors (Lipinski definition) is 0. The maximum Gasteiger partial charge on any atom is 0.266 e. The monoisotopic (exact) mass is 330 g/mol. The van der Waals surface area contributed by atoms with Crippen LogP contribution in [0.2, 0.25) is 0 Å². The van der Waals surface area contributed by atoms with Crippen LogP contribution in [0.15, 0.2) is 16.9 Å². The number of hydrogen-bond acceptors (Lipinski definition) is 3. The van der Waals surface area contributed by atoms with E-state index in [2.05, 4.69) is 21.0 Å². The standard InChI is InChI=1S/C14H23BrN2O2/c1-19-13-9-10-14(18)17(16-13)12-8-6-4-2-3-5-7-11-15/h9-10H,2-8,11-12H2,1H3. The molecule has 0 aliphatic rings. The van der Waals surface area contributed by atoms with Crippen molar-refractivity contribution >= 4 is 15.9 Å². The highest BCUT2D eigenvalue weighted by Crippen LogP contribution is 2.08. The summed E-state index contributed by atoms with van der Waals surface area (Å²) < 4.78 is 6.51. The summed E-state index contributed by atoms with van der Waals surface area (Å²) in [6.07, 6.45) is 8.56. The molecule has 0 radical (unpaired) electrons. The van der Waals surface area contributed by atoms with Crippen LogP contribution in [0.4, 0.5) is 0 Å². The molecule has 108 valence electrons. The molecule has 0 saturated heterocycles. The number of aryl methyl sites for hydroxylation is 1. The van der Waals surface area contributed by atoms with Gasteiger partial charge in [0.15, 0.2) is 0 Å². The molecule has 1 heterocycles. The first-order valence-corrected chi connectivity index (χ1v) is 8.08. The maximum absolute atomic E-state index is 11.6. The number of methoxy groups -OCH3 is 1. The number of alkyl halides is 1. The molecular weight excluding hydrogens is 308 g/mol.